The molecule has 0 unspecified atom stereocenters. The number of likely N-dealkylation sites (tertiary alicyclic amines) is 1. The average Bonchev–Trinajstić information content (AvgIpc) is 3.57. The molecule has 3 N–H and O–H groups in total. The molecule has 0 aliphatic carbocycles. The van der Waals surface area contributed by atoms with Crippen molar-refractivity contribution in [1.82, 2.24) is 20.2 Å². The standard InChI is InChI=1S/C31H31F3N4O6/c1-15(2)25(37-30(42)43-4)28(39)38-14-16(3)11-23(38)27-35-22-10-7-18-12-17(5-9-21(18)26(22)36-27)20-8-6-19(29(40)41)13-24(20)44-31(32,33)34/h5-10,12-13,15-16,23,25H,11,14H2,1-4H3,(H,35,36)(H,37,42)(H,40,41)/t16-,23-,25-/m0/s1. The molecule has 3 aromatic carbocycles. The van der Waals surface area contributed by atoms with E-state index < -0.39 is 30.2 Å². The Kier molecular flexibility index (Phi) is 8.15. The molecule has 4 aromatic rings. The Bertz CT molecular complexity index is 1750. The van der Waals surface area contributed by atoms with Crippen molar-refractivity contribution in [2.24, 2.45) is 11.8 Å². The number of rotatable bonds is 7. The lowest BCUT2D eigenvalue weighted by Crippen LogP contribution is -2.51. The monoisotopic (exact) mass is 612 g/mol. The maximum Gasteiger partial charge on any atom is 0.573 e. The van der Waals surface area contributed by atoms with Gasteiger partial charge in [-0.2, -0.15) is 0 Å². The molecule has 1 saturated heterocycles. The quantitative estimate of drug-likeness (QED) is 0.224. The van der Waals surface area contributed by atoms with Gasteiger partial charge in [0, 0.05) is 17.5 Å². The molecular weight excluding hydrogens is 581 g/mol. The first-order valence-electron chi connectivity index (χ1n) is 14.0. The summed E-state index contributed by atoms with van der Waals surface area (Å²) in [4.78, 5) is 46.9. The van der Waals surface area contributed by atoms with Crippen molar-refractivity contribution in [3.05, 3.63) is 59.9 Å². The van der Waals surface area contributed by atoms with E-state index in [9.17, 15) is 32.7 Å². The van der Waals surface area contributed by atoms with E-state index >= 15 is 0 Å². The van der Waals surface area contributed by atoms with Crippen LogP contribution in [0.3, 0.4) is 0 Å². The van der Waals surface area contributed by atoms with E-state index in [-0.39, 0.29) is 34.9 Å². The molecule has 10 nitrogen and oxygen atoms in total. The molecular formula is C31H31F3N4O6. The number of halogens is 3. The molecule has 44 heavy (non-hydrogen) atoms. The summed E-state index contributed by atoms with van der Waals surface area (Å²) in [6.07, 6.45) is -5.05. The van der Waals surface area contributed by atoms with E-state index in [1.807, 2.05) is 20.8 Å². The van der Waals surface area contributed by atoms with Crippen LogP contribution >= 0.6 is 0 Å². The van der Waals surface area contributed by atoms with Gasteiger partial charge in [-0.05, 0) is 59.5 Å². The third kappa shape index (κ3) is 6.12. The van der Waals surface area contributed by atoms with E-state index in [1.165, 1.54) is 19.2 Å². The number of carboxylic acid groups (broad SMARTS) is 1. The van der Waals surface area contributed by atoms with Gasteiger partial charge in [0.15, 0.2) is 0 Å². The summed E-state index contributed by atoms with van der Waals surface area (Å²) < 4.78 is 48.4. The number of benzene rings is 3. The fourth-order valence-electron chi connectivity index (χ4n) is 5.68. The van der Waals surface area contributed by atoms with Gasteiger partial charge in [-0.3, -0.25) is 4.79 Å². The van der Waals surface area contributed by atoms with Crippen LogP contribution in [0.2, 0.25) is 0 Å². The zero-order valence-corrected chi connectivity index (χ0v) is 24.4. The van der Waals surface area contributed by atoms with Crippen molar-refractivity contribution in [1.29, 1.82) is 0 Å². The Morgan fingerprint density at radius 2 is 1.86 bits per heavy atom. The molecule has 2 amide bonds. The number of fused-ring (bicyclic) bond motifs is 3. The number of carbonyl (C=O) groups excluding carboxylic acids is 2. The largest absolute Gasteiger partial charge is 0.573 e. The van der Waals surface area contributed by atoms with E-state index in [2.05, 4.69) is 15.0 Å². The lowest BCUT2D eigenvalue weighted by Gasteiger charge is -2.30. The minimum Gasteiger partial charge on any atom is -0.478 e. The zero-order valence-electron chi connectivity index (χ0n) is 24.4. The molecule has 0 radical (unpaired) electrons. The first-order valence-corrected chi connectivity index (χ1v) is 14.0. The van der Waals surface area contributed by atoms with Gasteiger partial charge < -0.3 is 29.8 Å². The van der Waals surface area contributed by atoms with Crippen LogP contribution < -0.4 is 10.1 Å². The molecule has 0 spiro atoms. The molecule has 232 valence electrons. The minimum absolute atomic E-state index is 0.0754. The van der Waals surface area contributed by atoms with Gasteiger partial charge in [-0.15, -0.1) is 13.2 Å². The number of alkyl carbamates (subject to hydrolysis) is 1. The Labute approximate surface area is 250 Å². The van der Waals surface area contributed by atoms with Crippen LogP contribution in [0.25, 0.3) is 32.9 Å². The number of carbonyl (C=O) groups is 3. The first kappa shape index (κ1) is 30.6. The molecule has 0 saturated carbocycles. The van der Waals surface area contributed by atoms with Crippen LogP contribution in [0.15, 0.2) is 48.5 Å². The number of aromatic carboxylic acids is 1. The highest BCUT2D eigenvalue weighted by Gasteiger charge is 2.40. The van der Waals surface area contributed by atoms with E-state index in [0.29, 0.717) is 40.8 Å². The number of H-pyrrole nitrogens is 1. The van der Waals surface area contributed by atoms with E-state index in [1.54, 1.807) is 35.2 Å². The Balaban J connectivity index is 1.51. The first-order chi connectivity index (χ1) is 20.8. The maximum absolute atomic E-state index is 13.6. The Morgan fingerprint density at radius 3 is 2.52 bits per heavy atom. The molecule has 2 heterocycles. The fourth-order valence-corrected chi connectivity index (χ4v) is 5.68. The molecule has 5 rings (SSSR count). The van der Waals surface area contributed by atoms with Crippen molar-refractivity contribution in [3.8, 4) is 16.9 Å². The van der Waals surface area contributed by atoms with Gasteiger partial charge >= 0.3 is 18.4 Å². The van der Waals surface area contributed by atoms with Crippen molar-refractivity contribution < 1.29 is 42.1 Å². The molecule has 1 aliphatic rings. The minimum atomic E-state index is -5.02. The molecule has 13 heteroatoms. The number of ether oxygens (including phenoxy) is 2. The second kappa shape index (κ2) is 11.7. The highest BCUT2D eigenvalue weighted by atomic mass is 19.4. The van der Waals surface area contributed by atoms with Crippen LogP contribution in [0.4, 0.5) is 18.0 Å². The topological polar surface area (TPSA) is 134 Å². The number of amides is 2. The number of nitrogens with zero attached hydrogens (tertiary/aromatic N) is 2. The van der Waals surface area contributed by atoms with Crippen LogP contribution in [0.1, 0.15) is 49.4 Å². The molecule has 1 fully saturated rings. The summed E-state index contributed by atoms with van der Waals surface area (Å²) in [7, 11) is 1.24. The second-order valence-corrected chi connectivity index (χ2v) is 11.3. The van der Waals surface area contributed by atoms with Crippen LogP contribution in [-0.2, 0) is 9.53 Å². The third-order valence-corrected chi connectivity index (χ3v) is 7.75. The lowest BCUT2D eigenvalue weighted by atomic mass is 9.98. The van der Waals surface area contributed by atoms with Crippen molar-refractivity contribution in [2.75, 3.05) is 13.7 Å². The van der Waals surface area contributed by atoms with Gasteiger partial charge in [0.05, 0.1) is 29.7 Å². The summed E-state index contributed by atoms with van der Waals surface area (Å²) in [5, 5.41) is 13.3. The number of alkyl halides is 3. The summed E-state index contributed by atoms with van der Waals surface area (Å²) in [6.45, 7) is 6.21. The fraction of sp³-hybridized carbons (Fsp3) is 0.355. The summed E-state index contributed by atoms with van der Waals surface area (Å²) in [5.41, 5.74) is 1.47. The second-order valence-electron chi connectivity index (χ2n) is 11.3. The number of aromatic amines is 1. The van der Waals surface area contributed by atoms with E-state index in [4.69, 9.17) is 9.72 Å². The van der Waals surface area contributed by atoms with E-state index in [0.717, 1.165) is 11.5 Å². The normalized spacial score (nSPS) is 17.7. The van der Waals surface area contributed by atoms with Gasteiger partial charge in [-0.25, -0.2) is 14.6 Å². The molecule has 1 aromatic heterocycles. The number of imidazole rings is 1. The highest BCUT2D eigenvalue weighted by molar-refractivity contribution is 6.05. The Morgan fingerprint density at radius 1 is 1.11 bits per heavy atom. The summed E-state index contributed by atoms with van der Waals surface area (Å²) in [6, 6.07) is 10.8. The molecule has 3 atom stereocenters. The van der Waals surface area contributed by atoms with Crippen LogP contribution in [-0.4, -0.2) is 64.0 Å². The number of hydrogen-bond acceptors (Lipinski definition) is 6. The highest BCUT2D eigenvalue weighted by Crippen LogP contribution is 2.39. The Hall–Kier alpha value is -4.81. The number of hydrogen-bond donors (Lipinski definition) is 3. The van der Waals surface area contributed by atoms with Crippen molar-refractivity contribution >= 4 is 39.8 Å². The number of aromatic nitrogens is 2. The average molecular weight is 613 g/mol. The molecule has 0 bridgehead atoms. The maximum atomic E-state index is 13.6. The van der Waals surface area contributed by atoms with Crippen molar-refractivity contribution in [3.63, 3.8) is 0 Å². The number of carboxylic acids is 1. The van der Waals surface area contributed by atoms with Gasteiger partial charge in [0.2, 0.25) is 5.91 Å². The van der Waals surface area contributed by atoms with Gasteiger partial charge in [0.1, 0.15) is 17.6 Å². The summed E-state index contributed by atoms with van der Waals surface area (Å²) in [5.74, 6) is -1.66. The lowest BCUT2D eigenvalue weighted by molar-refractivity contribution is -0.274. The third-order valence-electron chi connectivity index (χ3n) is 7.75. The van der Waals surface area contributed by atoms with Crippen LogP contribution in [0.5, 0.6) is 5.75 Å². The van der Waals surface area contributed by atoms with Crippen molar-refractivity contribution in [2.45, 2.75) is 45.6 Å². The molecule has 1 aliphatic heterocycles. The van der Waals surface area contributed by atoms with Gasteiger partial charge in [0.25, 0.3) is 0 Å². The van der Waals surface area contributed by atoms with Crippen LogP contribution in [0, 0.1) is 11.8 Å². The SMILES string of the molecule is COC(=O)N[C@H](C(=O)N1C[C@@H](C)C[C@H]1c1nc2c(ccc3cc(-c4ccc(C(=O)O)cc4OC(F)(F)F)ccc32)[nH]1)C(C)C. The predicted molar refractivity (Wildman–Crippen MR) is 155 cm³/mol. The number of methoxy groups -OCH3 is 1. The smallest absolute Gasteiger partial charge is 0.478 e. The number of nitrogens with one attached hydrogen (secondary N) is 2. The predicted octanol–water partition coefficient (Wildman–Crippen LogP) is 6.27. The zero-order chi connectivity index (χ0) is 31.9. The summed E-state index contributed by atoms with van der Waals surface area (Å²) >= 11 is 0. The van der Waals surface area contributed by atoms with Gasteiger partial charge in [-0.1, -0.05) is 39.0 Å².